The van der Waals surface area contributed by atoms with Crippen molar-refractivity contribution in [3.05, 3.63) is 29.6 Å². The Kier molecular flexibility index (Phi) is 5.39. The molecule has 0 saturated carbocycles. The van der Waals surface area contributed by atoms with Gasteiger partial charge in [-0.05, 0) is 49.7 Å². The molecule has 4 nitrogen and oxygen atoms in total. The molecule has 0 amide bonds. The predicted octanol–water partition coefficient (Wildman–Crippen LogP) is 2.73. The van der Waals surface area contributed by atoms with Crippen LogP contribution >= 0.6 is 12.2 Å². The summed E-state index contributed by atoms with van der Waals surface area (Å²) in [5.41, 5.74) is 1.15. The lowest BCUT2D eigenvalue weighted by atomic mass is 10.2. The van der Waals surface area contributed by atoms with Gasteiger partial charge in [-0.15, -0.1) is 0 Å². The van der Waals surface area contributed by atoms with Crippen LogP contribution in [0.15, 0.2) is 18.2 Å². The van der Waals surface area contributed by atoms with Gasteiger partial charge in [0.25, 0.3) is 0 Å². The number of aryl methyl sites for hydroxylation is 1. The van der Waals surface area contributed by atoms with Gasteiger partial charge in [0.05, 0.1) is 11.5 Å². The van der Waals surface area contributed by atoms with Crippen LogP contribution in [-0.2, 0) is 9.84 Å². The Hall–Kier alpha value is -1.21. The van der Waals surface area contributed by atoms with E-state index >= 15 is 0 Å². The van der Waals surface area contributed by atoms with Crippen LogP contribution < -0.4 is 5.32 Å². The Balaban J connectivity index is 2.11. The minimum absolute atomic E-state index is 0.0970. The van der Waals surface area contributed by atoms with E-state index in [2.05, 4.69) is 5.32 Å². The molecule has 0 unspecified atom stereocenters. The highest BCUT2D eigenvalue weighted by Gasteiger charge is 2.33. The molecule has 1 heterocycles. The Morgan fingerprint density at radius 3 is 2.77 bits per heavy atom. The SMILES string of the molecule is CCCN(C(=S)Nc1ccc(C)c(F)c1)[C@@H]1CCS(=O)(=O)C1. The van der Waals surface area contributed by atoms with E-state index in [1.165, 1.54) is 6.07 Å². The molecule has 1 fully saturated rings. The number of nitrogens with one attached hydrogen (secondary N) is 1. The molecule has 1 aliphatic rings. The highest BCUT2D eigenvalue weighted by molar-refractivity contribution is 7.91. The average Bonchev–Trinajstić information content (AvgIpc) is 2.80. The molecule has 0 bridgehead atoms. The predicted molar refractivity (Wildman–Crippen MR) is 91.4 cm³/mol. The summed E-state index contributed by atoms with van der Waals surface area (Å²) in [7, 11) is -2.97. The molecule has 0 radical (unpaired) electrons. The van der Waals surface area contributed by atoms with Gasteiger partial charge in [0.15, 0.2) is 14.9 Å². The number of halogens is 1. The largest absolute Gasteiger partial charge is 0.345 e. The molecular formula is C15H21FN2O2S2. The third-order valence-electron chi connectivity index (χ3n) is 3.80. The maximum Gasteiger partial charge on any atom is 0.173 e. The number of hydrogen-bond donors (Lipinski definition) is 1. The van der Waals surface area contributed by atoms with Gasteiger partial charge in [0, 0.05) is 18.3 Å². The number of nitrogens with zero attached hydrogens (tertiary/aromatic N) is 1. The number of rotatable bonds is 4. The first-order valence-corrected chi connectivity index (χ1v) is 9.59. The lowest BCUT2D eigenvalue weighted by Crippen LogP contribution is -2.43. The number of anilines is 1. The zero-order valence-corrected chi connectivity index (χ0v) is 14.4. The molecule has 1 aliphatic heterocycles. The van der Waals surface area contributed by atoms with E-state index in [1.807, 2.05) is 11.8 Å². The Bertz CT molecular complexity index is 662. The third kappa shape index (κ3) is 4.16. The second-order valence-corrected chi connectivity index (χ2v) is 8.26. The van der Waals surface area contributed by atoms with Crippen molar-refractivity contribution in [3.63, 3.8) is 0 Å². The molecule has 2 rings (SSSR count). The maximum absolute atomic E-state index is 13.6. The molecular weight excluding hydrogens is 323 g/mol. The topological polar surface area (TPSA) is 49.4 Å². The van der Waals surface area contributed by atoms with Crippen LogP contribution in [0.1, 0.15) is 25.3 Å². The standard InChI is InChI=1S/C15H21FN2O2S2/c1-3-7-18(13-6-8-22(19,20)10-13)15(21)17-12-5-4-11(2)14(16)9-12/h4-5,9,13H,3,6-8,10H2,1-2H3,(H,17,21)/t13-/m1/s1. The molecule has 1 saturated heterocycles. The summed E-state index contributed by atoms with van der Waals surface area (Å²) in [4.78, 5) is 1.91. The fraction of sp³-hybridized carbons (Fsp3) is 0.533. The van der Waals surface area contributed by atoms with E-state index in [9.17, 15) is 12.8 Å². The number of benzene rings is 1. The van der Waals surface area contributed by atoms with Crippen LogP contribution in [0.3, 0.4) is 0 Å². The summed E-state index contributed by atoms with van der Waals surface area (Å²) in [5, 5.41) is 3.47. The molecule has 1 atom stereocenters. The molecule has 1 aromatic carbocycles. The van der Waals surface area contributed by atoms with E-state index < -0.39 is 9.84 Å². The summed E-state index contributed by atoms with van der Waals surface area (Å²) in [6.45, 7) is 4.40. The van der Waals surface area contributed by atoms with Crippen molar-refractivity contribution >= 4 is 32.9 Å². The summed E-state index contributed by atoms with van der Waals surface area (Å²) in [6, 6.07) is 4.75. The zero-order chi connectivity index (χ0) is 16.3. The van der Waals surface area contributed by atoms with Crippen molar-refractivity contribution in [2.45, 2.75) is 32.7 Å². The van der Waals surface area contributed by atoms with Gasteiger partial charge in [-0.2, -0.15) is 0 Å². The first-order valence-electron chi connectivity index (χ1n) is 7.36. The van der Waals surface area contributed by atoms with Crippen LogP contribution in [0.4, 0.5) is 10.1 Å². The van der Waals surface area contributed by atoms with Crippen molar-refractivity contribution in [3.8, 4) is 0 Å². The van der Waals surface area contributed by atoms with Gasteiger partial charge in [-0.25, -0.2) is 12.8 Å². The van der Waals surface area contributed by atoms with Crippen LogP contribution in [0, 0.1) is 12.7 Å². The summed E-state index contributed by atoms with van der Waals surface area (Å²) in [5.74, 6) is 0.0507. The maximum atomic E-state index is 13.6. The Morgan fingerprint density at radius 2 is 2.23 bits per heavy atom. The molecule has 0 spiro atoms. The molecule has 1 N–H and O–H groups in total. The molecule has 22 heavy (non-hydrogen) atoms. The number of sulfone groups is 1. The lowest BCUT2D eigenvalue weighted by Gasteiger charge is -2.30. The molecule has 7 heteroatoms. The quantitative estimate of drug-likeness (QED) is 0.851. The molecule has 1 aromatic rings. The van der Waals surface area contributed by atoms with Crippen molar-refractivity contribution in [1.82, 2.24) is 4.90 Å². The highest BCUT2D eigenvalue weighted by atomic mass is 32.2. The van der Waals surface area contributed by atoms with E-state index in [0.29, 0.717) is 29.3 Å². The molecule has 122 valence electrons. The number of hydrogen-bond acceptors (Lipinski definition) is 3. The Morgan fingerprint density at radius 1 is 1.50 bits per heavy atom. The zero-order valence-electron chi connectivity index (χ0n) is 12.8. The Labute approximate surface area is 136 Å². The fourth-order valence-corrected chi connectivity index (χ4v) is 4.67. The van der Waals surface area contributed by atoms with Crippen LogP contribution in [-0.4, -0.2) is 42.5 Å². The molecule has 0 aromatic heterocycles. The van der Waals surface area contributed by atoms with Crippen molar-refractivity contribution in [1.29, 1.82) is 0 Å². The van der Waals surface area contributed by atoms with Crippen molar-refractivity contribution < 1.29 is 12.8 Å². The third-order valence-corrected chi connectivity index (χ3v) is 5.88. The van der Waals surface area contributed by atoms with Gasteiger partial charge in [-0.1, -0.05) is 13.0 Å². The summed E-state index contributed by atoms with van der Waals surface area (Å²) < 4.78 is 37.0. The monoisotopic (exact) mass is 344 g/mol. The second-order valence-electron chi connectivity index (χ2n) is 5.64. The lowest BCUT2D eigenvalue weighted by molar-refractivity contribution is 0.339. The average molecular weight is 344 g/mol. The first-order chi connectivity index (χ1) is 10.3. The van der Waals surface area contributed by atoms with Crippen molar-refractivity contribution in [2.24, 2.45) is 0 Å². The fourth-order valence-electron chi connectivity index (χ4n) is 2.58. The highest BCUT2D eigenvalue weighted by Crippen LogP contribution is 2.20. The number of thiocarbonyl (C=S) groups is 1. The van der Waals surface area contributed by atoms with Crippen LogP contribution in [0.25, 0.3) is 0 Å². The minimum Gasteiger partial charge on any atom is -0.345 e. The first kappa shape index (κ1) is 17.1. The van der Waals surface area contributed by atoms with Gasteiger partial charge in [0.1, 0.15) is 5.82 Å². The van der Waals surface area contributed by atoms with E-state index in [-0.39, 0.29) is 23.4 Å². The van der Waals surface area contributed by atoms with Gasteiger partial charge in [-0.3, -0.25) is 0 Å². The van der Waals surface area contributed by atoms with Gasteiger partial charge in [0.2, 0.25) is 0 Å². The van der Waals surface area contributed by atoms with Gasteiger partial charge < -0.3 is 10.2 Å². The van der Waals surface area contributed by atoms with Crippen LogP contribution in [0.5, 0.6) is 0 Å². The van der Waals surface area contributed by atoms with Crippen molar-refractivity contribution in [2.75, 3.05) is 23.4 Å². The van der Waals surface area contributed by atoms with E-state index in [1.54, 1.807) is 19.1 Å². The van der Waals surface area contributed by atoms with E-state index in [0.717, 1.165) is 6.42 Å². The van der Waals surface area contributed by atoms with Gasteiger partial charge >= 0.3 is 0 Å². The second kappa shape index (κ2) is 6.91. The summed E-state index contributed by atoms with van der Waals surface area (Å²) in [6.07, 6.45) is 1.45. The summed E-state index contributed by atoms with van der Waals surface area (Å²) >= 11 is 5.41. The smallest absolute Gasteiger partial charge is 0.173 e. The molecule has 0 aliphatic carbocycles. The van der Waals surface area contributed by atoms with E-state index in [4.69, 9.17) is 12.2 Å². The normalized spacial score (nSPS) is 19.9. The van der Waals surface area contributed by atoms with Crippen LogP contribution in [0.2, 0.25) is 0 Å². The minimum atomic E-state index is -2.97.